The second-order valence-corrected chi connectivity index (χ2v) is 4.86. The summed E-state index contributed by atoms with van der Waals surface area (Å²) in [5.74, 6) is 0. The van der Waals surface area contributed by atoms with Crippen molar-refractivity contribution in [1.82, 2.24) is 0 Å². The Morgan fingerprint density at radius 1 is 1.29 bits per heavy atom. The molecule has 0 aliphatic carbocycles. The number of thiophene rings is 1. The first-order valence-corrected chi connectivity index (χ1v) is 6.27. The number of nitrogens with zero attached hydrogens (tertiary/aromatic N) is 1. The predicted octanol–water partition coefficient (Wildman–Crippen LogP) is 3.65. The molecule has 86 valence electrons. The predicted molar refractivity (Wildman–Crippen MR) is 68.7 cm³/mol. The number of benzene rings is 1. The van der Waals surface area contributed by atoms with Crippen LogP contribution < -0.4 is 0 Å². The van der Waals surface area contributed by atoms with Gasteiger partial charge in [0, 0.05) is 4.88 Å². The van der Waals surface area contributed by atoms with E-state index in [9.17, 15) is 0 Å². The molecule has 2 aromatic rings. The SMILES string of the molecule is Cc1cc(C#N)ccc1COCc1cccs1. The Bertz CT molecular complexity index is 526. The van der Waals surface area contributed by atoms with Crippen LogP contribution in [0.2, 0.25) is 0 Å². The molecule has 0 amide bonds. The molecule has 0 radical (unpaired) electrons. The fraction of sp³-hybridized carbons (Fsp3) is 0.214. The van der Waals surface area contributed by atoms with Gasteiger partial charge in [0.1, 0.15) is 0 Å². The Morgan fingerprint density at radius 3 is 2.82 bits per heavy atom. The van der Waals surface area contributed by atoms with Gasteiger partial charge in [-0.1, -0.05) is 12.1 Å². The third kappa shape index (κ3) is 3.16. The second kappa shape index (κ2) is 5.62. The summed E-state index contributed by atoms with van der Waals surface area (Å²) < 4.78 is 5.65. The fourth-order valence-electron chi connectivity index (χ4n) is 1.58. The van der Waals surface area contributed by atoms with Gasteiger partial charge in [-0.3, -0.25) is 0 Å². The van der Waals surface area contributed by atoms with E-state index in [0.717, 1.165) is 11.1 Å². The molecule has 17 heavy (non-hydrogen) atoms. The third-order valence-electron chi connectivity index (χ3n) is 2.55. The molecule has 0 fully saturated rings. The van der Waals surface area contributed by atoms with E-state index in [4.69, 9.17) is 10.00 Å². The van der Waals surface area contributed by atoms with E-state index in [1.807, 2.05) is 36.6 Å². The van der Waals surface area contributed by atoms with Gasteiger partial charge in [-0.25, -0.2) is 0 Å². The van der Waals surface area contributed by atoms with Crippen LogP contribution in [0.3, 0.4) is 0 Å². The van der Waals surface area contributed by atoms with E-state index in [2.05, 4.69) is 12.1 Å². The molecule has 0 atom stereocenters. The maximum absolute atomic E-state index is 8.77. The van der Waals surface area contributed by atoms with Crippen molar-refractivity contribution in [2.75, 3.05) is 0 Å². The highest BCUT2D eigenvalue weighted by atomic mass is 32.1. The molecule has 0 N–H and O–H groups in total. The zero-order chi connectivity index (χ0) is 12.1. The first kappa shape index (κ1) is 11.8. The highest BCUT2D eigenvalue weighted by molar-refractivity contribution is 7.09. The number of rotatable bonds is 4. The van der Waals surface area contributed by atoms with Crippen LogP contribution in [0.1, 0.15) is 21.6 Å². The molecule has 0 aliphatic heterocycles. The molecular formula is C14H13NOS. The molecule has 0 unspecified atom stereocenters. The van der Waals surface area contributed by atoms with Crippen LogP contribution in [0, 0.1) is 18.3 Å². The second-order valence-electron chi connectivity index (χ2n) is 3.83. The Hall–Kier alpha value is -1.63. The van der Waals surface area contributed by atoms with E-state index in [1.165, 1.54) is 4.88 Å². The van der Waals surface area contributed by atoms with Gasteiger partial charge >= 0.3 is 0 Å². The molecular weight excluding hydrogens is 230 g/mol. The lowest BCUT2D eigenvalue weighted by molar-refractivity contribution is 0.109. The summed E-state index contributed by atoms with van der Waals surface area (Å²) >= 11 is 1.70. The van der Waals surface area contributed by atoms with Gasteiger partial charge in [-0.15, -0.1) is 11.3 Å². The largest absolute Gasteiger partial charge is 0.371 e. The van der Waals surface area contributed by atoms with Gasteiger partial charge in [0.05, 0.1) is 24.8 Å². The van der Waals surface area contributed by atoms with E-state index in [-0.39, 0.29) is 0 Å². The van der Waals surface area contributed by atoms with Crippen LogP contribution in [-0.2, 0) is 18.0 Å². The van der Waals surface area contributed by atoms with Gasteiger partial charge in [-0.2, -0.15) is 5.26 Å². The summed E-state index contributed by atoms with van der Waals surface area (Å²) in [5, 5.41) is 10.8. The smallest absolute Gasteiger partial charge is 0.0991 e. The Morgan fingerprint density at radius 2 is 2.18 bits per heavy atom. The maximum Gasteiger partial charge on any atom is 0.0991 e. The van der Waals surface area contributed by atoms with Crippen LogP contribution in [-0.4, -0.2) is 0 Å². The van der Waals surface area contributed by atoms with Crippen molar-refractivity contribution in [2.45, 2.75) is 20.1 Å². The monoisotopic (exact) mass is 243 g/mol. The van der Waals surface area contributed by atoms with E-state index >= 15 is 0 Å². The normalized spacial score (nSPS) is 10.1. The number of nitriles is 1. The average molecular weight is 243 g/mol. The Balaban J connectivity index is 1.93. The summed E-state index contributed by atoms with van der Waals surface area (Å²) in [4.78, 5) is 1.23. The van der Waals surface area contributed by atoms with E-state index in [0.29, 0.717) is 18.8 Å². The molecule has 0 saturated carbocycles. The van der Waals surface area contributed by atoms with Gasteiger partial charge in [0.15, 0.2) is 0 Å². The van der Waals surface area contributed by atoms with Crippen molar-refractivity contribution in [1.29, 1.82) is 5.26 Å². The molecule has 0 spiro atoms. The molecule has 1 heterocycles. The van der Waals surface area contributed by atoms with Gasteiger partial charge in [0.25, 0.3) is 0 Å². The molecule has 2 nitrogen and oxygen atoms in total. The van der Waals surface area contributed by atoms with Crippen LogP contribution >= 0.6 is 11.3 Å². The average Bonchev–Trinajstić information content (AvgIpc) is 2.84. The lowest BCUT2D eigenvalue weighted by atomic mass is 10.1. The molecule has 3 heteroatoms. The zero-order valence-electron chi connectivity index (χ0n) is 9.64. The highest BCUT2D eigenvalue weighted by Gasteiger charge is 2.01. The van der Waals surface area contributed by atoms with Crippen molar-refractivity contribution in [3.05, 3.63) is 57.3 Å². The third-order valence-corrected chi connectivity index (χ3v) is 3.40. The minimum atomic E-state index is 0.593. The van der Waals surface area contributed by atoms with Crippen LogP contribution in [0.25, 0.3) is 0 Å². The summed E-state index contributed by atoms with van der Waals surface area (Å²) in [5.41, 5.74) is 2.94. The number of hydrogen-bond acceptors (Lipinski definition) is 3. The lowest BCUT2D eigenvalue weighted by Gasteiger charge is -2.06. The quantitative estimate of drug-likeness (QED) is 0.821. The lowest BCUT2D eigenvalue weighted by Crippen LogP contribution is -1.95. The summed E-state index contributed by atoms with van der Waals surface area (Å²) in [7, 11) is 0. The standard InChI is InChI=1S/C14H13NOS/c1-11-7-12(8-15)4-5-13(11)9-16-10-14-3-2-6-17-14/h2-7H,9-10H2,1H3. The van der Waals surface area contributed by atoms with Crippen molar-refractivity contribution in [3.63, 3.8) is 0 Å². The Labute approximate surface area is 105 Å². The molecule has 0 bridgehead atoms. The first-order chi connectivity index (χ1) is 8.29. The van der Waals surface area contributed by atoms with Crippen LogP contribution in [0.4, 0.5) is 0 Å². The molecule has 1 aromatic heterocycles. The summed E-state index contributed by atoms with van der Waals surface area (Å²) in [6.07, 6.45) is 0. The fourth-order valence-corrected chi connectivity index (χ4v) is 2.22. The summed E-state index contributed by atoms with van der Waals surface area (Å²) in [6, 6.07) is 11.9. The minimum absolute atomic E-state index is 0.593. The first-order valence-electron chi connectivity index (χ1n) is 5.39. The van der Waals surface area contributed by atoms with Crippen molar-refractivity contribution >= 4 is 11.3 Å². The topological polar surface area (TPSA) is 33.0 Å². The molecule has 0 aliphatic rings. The van der Waals surface area contributed by atoms with Gasteiger partial charge in [-0.05, 0) is 41.6 Å². The van der Waals surface area contributed by atoms with Gasteiger partial charge < -0.3 is 4.74 Å². The van der Waals surface area contributed by atoms with Crippen molar-refractivity contribution in [2.24, 2.45) is 0 Å². The van der Waals surface area contributed by atoms with Crippen molar-refractivity contribution < 1.29 is 4.74 Å². The highest BCUT2D eigenvalue weighted by Crippen LogP contribution is 2.14. The number of hydrogen-bond donors (Lipinski definition) is 0. The van der Waals surface area contributed by atoms with Gasteiger partial charge in [0.2, 0.25) is 0 Å². The van der Waals surface area contributed by atoms with E-state index in [1.54, 1.807) is 11.3 Å². The Kier molecular flexibility index (Phi) is 3.92. The molecule has 1 aromatic carbocycles. The molecule has 0 saturated heterocycles. The van der Waals surface area contributed by atoms with E-state index < -0.39 is 0 Å². The maximum atomic E-state index is 8.77. The zero-order valence-corrected chi connectivity index (χ0v) is 10.5. The minimum Gasteiger partial charge on any atom is -0.371 e. The van der Waals surface area contributed by atoms with Crippen LogP contribution in [0.15, 0.2) is 35.7 Å². The molecule has 2 rings (SSSR count). The number of aryl methyl sites for hydroxylation is 1. The van der Waals surface area contributed by atoms with Crippen LogP contribution in [0.5, 0.6) is 0 Å². The number of ether oxygens (including phenoxy) is 1. The van der Waals surface area contributed by atoms with Crippen molar-refractivity contribution in [3.8, 4) is 6.07 Å². The summed E-state index contributed by atoms with van der Waals surface area (Å²) in [6.45, 7) is 3.25.